The number of hydrogen-bond acceptors (Lipinski definition) is 4. The summed E-state index contributed by atoms with van der Waals surface area (Å²) >= 11 is 0. The fourth-order valence-electron chi connectivity index (χ4n) is 4.24. The Hall–Kier alpha value is -2.05. The van der Waals surface area contributed by atoms with Crippen LogP contribution in [0.2, 0.25) is 0 Å². The van der Waals surface area contributed by atoms with Gasteiger partial charge in [-0.3, -0.25) is 9.89 Å². The van der Waals surface area contributed by atoms with E-state index in [9.17, 15) is 0 Å². The Balaban J connectivity index is 1.31. The lowest BCUT2D eigenvalue weighted by Gasteiger charge is -2.32. The third-order valence-electron chi connectivity index (χ3n) is 5.78. The molecule has 3 aliphatic rings. The van der Waals surface area contributed by atoms with Crippen molar-refractivity contribution < 1.29 is 4.74 Å². The van der Waals surface area contributed by atoms with E-state index in [0.717, 1.165) is 65.0 Å². The third-order valence-corrected chi connectivity index (χ3v) is 5.78. The molecule has 27 heavy (non-hydrogen) atoms. The van der Waals surface area contributed by atoms with E-state index in [4.69, 9.17) is 4.74 Å². The predicted molar refractivity (Wildman–Crippen MR) is 110 cm³/mol. The lowest BCUT2D eigenvalue weighted by atomic mass is 10.2. The minimum atomic E-state index is 0.624. The van der Waals surface area contributed by atoms with Gasteiger partial charge in [0.05, 0.1) is 13.2 Å². The van der Waals surface area contributed by atoms with Crippen molar-refractivity contribution in [3.63, 3.8) is 0 Å². The molecule has 0 radical (unpaired) electrons. The first-order chi connectivity index (χ1) is 13.3. The first-order valence-electron chi connectivity index (χ1n) is 10.1. The highest BCUT2D eigenvalue weighted by atomic mass is 16.5. The number of nitrogens with zero attached hydrogens (tertiary/aromatic N) is 4. The van der Waals surface area contributed by atoms with Crippen molar-refractivity contribution >= 4 is 11.6 Å². The highest BCUT2D eigenvalue weighted by Crippen LogP contribution is 2.19. The average Bonchev–Trinajstić information content (AvgIpc) is 3.42. The summed E-state index contributed by atoms with van der Waals surface area (Å²) in [4.78, 5) is 11.9. The molecule has 0 amide bonds. The van der Waals surface area contributed by atoms with Crippen LogP contribution in [0.5, 0.6) is 0 Å². The molecule has 1 atom stereocenters. The summed E-state index contributed by atoms with van der Waals surface area (Å²) in [6.07, 6.45) is 5.66. The van der Waals surface area contributed by atoms with Crippen molar-refractivity contribution in [1.29, 1.82) is 0 Å². The van der Waals surface area contributed by atoms with Crippen LogP contribution in [0, 0.1) is 0 Å². The summed E-state index contributed by atoms with van der Waals surface area (Å²) < 4.78 is 5.49. The van der Waals surface area contributed by atoms with E-state index >= 15 is 0 Å². The van der Waals surface area contributed by atoms with Gasteiger partial charge in [-0.25, -0.2) is 0 Å². The molecular formula is C21H31N5O. The molecule has 0 aliphatic carbocycles. The van der Waals surface area contributed by atoms with Gasteiger partial charge < -0.3 is 19.9 Å². The number of guanidine groups is 1. The third kappa shape index (κ3) is 4.45. The Bertz CT molecular complexity index is 675. The molecule has 6 heteroatoms. The van der Waals surface area contributed by atoms with Crippen molar-refractivity contribution in [3.05, 3.63) is 42.0 Å². The molecule has 146 valence electrons. The molecule has 3 heterocycles. The lowest BCUT2D eigenvalue weighted by Crippen LogP contribution is -2.46. The number of likely N-dealkylation sites (tertiary alicyclic amines) is 1. The van der Waals surface area contributed by atoms with E-state index < -0.39 is 0 Å². The topological polar surface area (TPSA) is 43.3 Å². The molecule has 1 N–H and O–H groups in total. The Morgan fingerprint density at radius 2 is 2.00 bits per heavy atom. The second-order valence-corrected chi connectivity index (χ2v) is 7.48. The van der Waals surface area contributed by atoms with Crippen LogP contribution in [0.4, 0.5) is 5.69 Å². The largest absolute Gasteiger partial charge is 0.379 e. The van der Waals surface area contributed by atoms with Gasteiger partial charge in [-0.1, -0.05) is 24.3 Å². The van der Waals surface area contributed by atoms with Crippen LogP contribution in [-0.4, -0.2) is 81.3 Å². The highest BCUT2D eigenvalue weighted by molar-refractivity contribution is 5.80. The molecule has 1 unspecified atom stereocenters. The van der Waals surface area contributed by atoms with Crippen molar-refractivity contribution in [3.8, 4) is 0 Å². The standard InChI is InChI=1S/C21H31N5O/c1-22-21(26-10-7-20(17-26)25-11-13-27-14-12-25)23-16-18-5-4-6-19(15-18)24-8-2-3-9-24/h2-6,15,20H,7-14,16-17H2,1H3,(H,22,23). The highest BCUT2D eigenvalue weighted by Gasteiger charge is 2.30. The number of benzene rings is 1. The Kier molecular flexibility index (Phi) is 5.94. The van der Waals surface area contributed by atoms with Crippen molar-refractivity contribution in [2.45, 2.75) is 19.0 Å². The smallest absolute Gasteiger partial charge is 0.193 e. The Labute approximate surface area is 162 Å². The maximum atomic E-state index is 5.49. The van der Waals surface area contributed by atoms with Crippen LogP contribution in [-0.2, 0) is 11.3 Å². The summed E-state index contributed by atoms with van der Waals surface area (Å²) in [5, 5.41) is 3.57. The van der Waals surface area contributed by atoms with Crippen molar-refractivity contribution in [2.24, 2.45) is 4.99 Å². The first kappa shape index (κ1) is 18.3. The van der Waals surface area contributed by atoms with E-state index in [-0.39, 0.29) is 0 Å². The number of rotatable bonds is 4. The van der Waals surface area contributed by atoms with E-state index in [1.807, 2.05) is 7.05 Å². The van der Waals surface area contributed by atoms with Gasteiger partial charge in [-0.05, 0) is 24.1 Å². The van der Waals surface area contributed by atoms with Gasteiger partial charge in [0.2, 0.25) is 0 Å². The molecule has 2 fully saturated rings. The molecule has 0 spiro atoms. The number of morpholine rings is 1. The molecule has 6 nitrogen and oxygen atoms in total. The van der Waals surface area contributed by atoms with Crippen LogP contribution < -0.4 is 10.2 Å². The van der Waals surface area contributed by atoms with Crippen LogP contribution >= 0.6 is 0 Å². The average molecular weight is 370 g/mol. The molecule has 0 aromatic heterocycles. The minimum Gasteiger partial charge on any atom is -0.379 e. The van der Waals surface area contributed by atoms with Crippen molar-refractivity contribution in [2.75, 3.05) is 64.4 Å². The maximum absolute atomic E-state index is 5.49. The van der Waals surface area contributed by atoms with Crippen LogP contribution in [0.15, 0.2) is 41.4 Å². The van der Waals surface area contributed by atoms with Gasteiger partial charge in [0, 0.05) is 64.6 Å². The predicted octanol–water partition coefficient (Wildman–Crippen LogP) is 1.54. The first-order valence-corrected chi connectivity index (χ1v) is 10.1. The fourth-order valence-corrected chi connectivity index (χ4v) is 4.24. The number of anilines is 1. The number of ether oxygens (including phenoxy) is 1. The summed E-state index contributed by atoms with van der Waals surface area (Å²) in [7, 11) is 1.89. The van der Waals surface area contributed by atoms with Crippen LogP contribution in [0.1, 0.15) is 12.0 Å². The fraction of sp³-hybridized carbons (Fsp3) is 0.571. The molecule has 4 rings (SSSR count). The van der Waals surface area contributed by atoms with E-state index in [1.54, 1.807) is 0 Å². The summed E-state index contributed by atoms with van der Waals surface area (Å²) in [5.41, 5.74) is 2.59. The number of aliphatic imine (C=N–C) groups is 1. The van der Waals surface area contributed by atoms with E-state index in [0.29, 0.717) is 6.04 Å². The zero-order valence-electron chi connectivity index (χ0n) is 16.3. The zero-order valence-corrected chi connectivity index (χ0v) is 16.3. The zero-order chi connectivity index (χ0) is 18.5. The van der Waals surface area contributed by atoms with E-state index in [2.05, 4.69) is 61.4 Å². The summed E-state index contributed by atoms with van der Waals surface area (Å²) in [6, 6.07) is 9.44. The maximum Gasteiger partial charge on any atom is 0.193 e. The molecule has 0 saturated carbocycles. The number of hydrogen-bond donors (Lipinski definition) is 1. The second-order valence-electron chi connectivity index (χ2n) is 7.48. The minimum absolute atomic E-state index is 0.624. The van der Waals surface area contributed by atoms with Gasteiger partial charge in [0.1, 0.15) is 0 Å². The second kappa shape index (κ2) is 8.76. The molecule has 1 aromatic carbocycles. The van der Waals surface area contributed by atoms with Gasteiger partial charge in [0.25, 0.3) is 0 Å². The quantitative estimate of drug-likeness (QED) is 0.496. The van der Waals surface area contributed by atoms with Gasteiger partial charge in [-0.2, -0.15) is 0 Å². The normalized spacial score (nSPS) is 24.0. The van der Waals surface area contributed by atoms with E-state index in [1.165, 1.54) is 17.7 Å². The summed E-state index contributed by atoms with van der Waals surface area (Å²) in [5.74, 6) is 1.01. The molecule has 3 aliphatic heterocycles. The molecular weight excluding hydrogens is 338 g/mol. The SMILES string of the molecule is CN=C(NCc1cccc(N2CC=CC2)c1)N1CCC(N2CCOCC2)C1. The van der Waals surface area contributed by atoms with Crippen LogP contribution in [0.25, 0.3) is 0 Å². The lowest BCUT2D eigenvalue weighted by molar-refractivity contribution is 0.0195. The monoisotopic (exact) mass is 369 g/mol. The van der Waals surface area contributed by atoms with Crippen LogP contribution in [0.3, 0.4) is 0 Å². The number of nitrogens with one attached hydrogen (secondary N) is 1. The van der Waals surface area contributed by atoms with Gasteiger partial charge >= 0.3 is 0 Å². The summed E-state index contributed by atoms with van der Waals surface area (Å²) in [6.45, 7) is 8.80. The van der Waals surface area contributed by atoms with Crippen molar-refractivity contribution in [1.82, 2.24) is 15.1 Å². The Morgan fingerprint density at radius 1 is 1.19 bits per heavy atom. The molecule has 1 aromatic rings. The molecule has 0 bridgehead atoms. The Morgan fingerprint density at radius 3 is 2.78 bits per heavy atom. The molecule has 2 saturated heterocycles. The van der Waals surface area contributed by atoms with Gasteiger partial charge in [-0.15, -0.1) is 0 Å². The van der Waals surface area contributed by atoms with Gasteiger partial charge in [0.15, 0.2) is 5.96 Å².